The highest BCUT2D eigenvalue weighted by molar-refractivity contribution is 8.03. The molecule has 2 fully saturated rings. The lowest BCUT2D eigenvalue weighted by Crippen LogP contribution is -2.64. The van der Waals surface area contributed by atoms with Gasteiger partial charge >= 0.3 is 0 Å². The van der Waals surface area contributed by atoms with Crippen LogP contribution in [0.25, 0.3) is 5.57 Å². The average Bonchev–Trinajstić information content (AvgIpc) is 3.37. The fourth-order valence-corrected chi connectivity index (χ4v) is 6.79. The van der Waals surface area contributed by atoms with Gasteiger partial charge in [0.25, 0.3) is 0 Å². The van der Waals surface area contributed by atoms with Crippen molar-refractivity contribution >= 4 is 17.3 Å². The van der Waals surface area contributed by atoms with Crippen molar-refractivity contribution in [3.8, 4) is 0 Å². The van der Waals surface area contributed by atoms with E-state index in [9.17, 15) is 5.11 Å². The monoisotopic (exact) mass is 517 g/mol. The maximum atomic E-state index is 11.5. The van der Waals surface area contributed by atoms with E-state index in [2.05, 4.69) is 29.7 Å². The highest BCUT2D eigenvalue weighted by Crippen LogP contribution is 2.56. The van der Waals surface area contributed by atoms with Crippen LogP contribution < -0.4 is 5.48 Å². The summed E-state index contributed by atoms with van der Waals surface area (Å²) < 4.78 is 19.1. The Morgan fingerprint density at radius 3 is 2.24 bits per heavy atom. The van der Waals surface area contributed by atoms with Crippen molar-refractivity contribution in [3.05, 3.63) is 107 Å². The Bertz CT molecular complexity index is 1250. The molecule has 1 aliphatic carbocycles. The molecule has 192 valence electrons. The molecule has 2 saturated heterocycles. The summed E-state index contributed by atoms with van der Waals surface area (Å²) in [7, 11) is 0. The molecule has 0 spiro atoms. The number of nitrogens with one attached hydrogen (secondary N) is 1. The van der Waals surface area contributed by atoms with Gasteiger partial charge in [-0.2, -0.15) is 5.48 Å². The maximum Gasteiger partial charge on any atom is 0.190 e. The van der Waals surface area contributed by atoms with E-state index in [-0.39, 0.29) is 0 Å². The van der Waals surface area contributed by atoms with Gasteiger partial charge in [0.15, 0.2) is 12.1 Å². The summed E-state index contributed by atoms with van der Waals surface area (Å²) in [6.07, 6.45) is -2.17. The number of thioether (sulfide) groups is 1. The number of aliphatic hydroxyl groups excluding tert-OH is 1. The second kappa shape index (κ2) is 10.0. The first-order valence-corrected chi connectivity index (χ1v) is 13.4. The molecule has 2 aliphatic heterocycles. The number of hydrogen-bond donors (Lipinski definition) is 2. The summed E-state index contributed by atoms with van der Waals surface area (Å²) in [5.74, 6) is -0.842. The Morgan fingerprint density at radius 2 is 1.54 bits per heavy atom. The molecule has 2 heterocycles. The van der Waals surface area contributed by atoms with Crippen molar-refractivity contribution in [3.63, 3.8) is 0 Å². The van der Waals surface area contributed by atoms with Crippen molar-refractivity contribution < 1.29 is 24.2 Å². The summed E-state index contributed by atoms with van der Waals surface area (Å²) in [6, 6.07) is 30.4. The van der Waals surface area contributed by atoms with Crippen LogP contribution >= 0.6 is 11.8 Å². The molecule has 0 radical (unpaired) electrons. The van der Waals surface area contributed by atoms with Crippen LogP contribution in [0.4, 0.5) is 0 Å². The Labute approximate surface area is 221 Å². The Kier molecular flexibility index (Phi) is 6.71. The molecular formula is C30H31NO5S. The van der Waals surface area contributed by atoms with Crippen LogP contribution in [0.3, 0.4) is 0 Å². The average molecular weight is 518 g/mol. The first-order valence-electron chi connectivity index (χ1n) is 12.6. The van der Waals surface area contributed by atoms with E-state index < -0.39 is 35.9 Å². The van der Waals surface area contributed by atoms with Gasteiger partial charge in [0.05, 0.1) is 12.7 Å². The summed E-state index contributed by atoms with van der Waals surface area (Å²) >= 11 is 1.65. The molecule has 6 rings (SSSR count). The van der Waals surface area contributed by atoms with E-state index in [0.29, 0.717) is 13.0 Å². The van der Waals surface area contributed by atoms with Gasteiger partial charge in [-0.1, -0.05) is 90.6 Å². The molecule has 0 unspecified atom stereocenters. The minimum Gasteiger partial charge on any atom is -0.390 e. The second-order valence-electron chi connectivity index (χ2n) is 10.1. The normalized spacial score (nSPS) is 30.2. The molecule has 6 nitrogen and oxygen atoms in total. The maximum absolute atomic E-state index is 11.5. The van der Waals surface area contributed by atoms with Crippen molar-refractivity contribution in [1.29, 1.82) is 0 Å². The third kappa shape index (κ3) is 4.66. The van der Waals surface area contributed by atoms with Gasteiger partial charge < -0.3 is 19.3 Å². The fourth-order valence-electron chi connectivity index (χ4n) is 5.57. The molecule has 3 aromatic rings. The zero-order valence-electron chi connectivity index (χ0n) is 20.9. The van der Waals surface area contributed by atoms with Gasteiger partial charge in [-0.05, 0) is 47.6 Å². The highest BCUT2D eigenvalue weighted by atomic mass is 32.2. The molecule has 3 aromatic carbocycles. The van der Waals surface area contributed by atoms with Crippen LogP contribution in [0, 0.1) is 0 Å². The highest BCUT2D eigenvalue weighted by Gasteiger charge is 2.69. The van der Waals surface area contributed by atoms with Crippen LogP contribution in [0.2, 0.25) is 0 Å². The van der Waals surface area contributed by atoms with Gasteiger partial charge in [-0.25, -0.2) is 0 Å². The number of hydrogen-bond acceptors (Lipinski definition) is 7. The predicted octanol–water partition coefficient (Wildman–Crippen LogP) is 5.29. The molecule has 0 saturated carbocycles. The standard InChI is InChI=1S/C30H31NO5S/c1-29(2)35-27-28(36-29)34-26-23(32)18-24(37-22-16-10-5-11-17-22)25(21-14-8-4-9-15-21)30(26,27)31-33-19-20-12-6-3-7-13-20/h3-17,23,26-28,31-32H,18-19H2,1-2H3/t23-,26-,27+,28-,30-/m1/s1. The van der Waals surface area contributed by atoms with E-state index in [1.807, 2.05) is 80.6 Å². The minimum atomic E-state index is -1.01. The molecule has 7 heteroatoms. The van der Waals surface area contributed by atoms with Crippen LogP contribution in [0.15, 0.2) is 101 Å². The molecule has 0 amide bonds. The minimum absolute atomic E-state index is 0.344. The second-order valence-corrected chi connectivity index (χ2v) is 11.2. The third-order valence-corrected chi connectivity index (χ3v) is 8.17. The van der Waals surface area contributed by atoms with Crippen molar-refractivity contribution in [2.24, 2.45) is 0 Å². The van der Waals surface area contributed by atoms with Crippen LogP contribution in [-0.4, -0.2) is 41.0 Å². The van der Waals surface area contributed by atoms with Gasteiger partial charge in [-0.15, -0.1) is 0 Å². The SMILES string of the molecule is CC1(C)O[C@H]2O[C@@H]3[C@H](O)CC(Sc4ccccc4)=C(c4ccccc4)[C@]3(NOCc3ccccc3)[C@H]2O1. The Balaban J connectivity index is 1.49. The molecule has 37 heavy (non-hydrogen) atoms. The number of ether oxygens (including phenoxy) is 3. The lowest BCUT2D eigenvalue weighted by atomic mass is 9.72. The van der Waals surface area contributed by atoms with Crippen molar-refractivity contribution in [2.45, 2.75) is 67.7 Å². The van der Waals surface area contributed by atoms with Crippen LogP contribution in [0.1, 0.15) is 31.4 Å². The van der Waals surface area contributed by atoms with Gasteiger partial charge in [0.2, 0.25) is 0 Å². The molecular weight excluding hydrogens is 486 g/mol. The van der Waals surface area contributed by atoms with Crippen LogP contribution in [0.5, 0.6) is 0 Å². The number of benzene rings is 3. The van der Waals surface area contributed by atoms with E-state index >= 15 is 0 Å². The van der Waals surface area contributed by atoms with E-state index in [0.717, 1.165) is 26.5 Å². The topological polar surface area (TPSA) is 69.2 Å². The van der Waals surface area contributed by atoms with Crippen molar-refractivity contribution in [1.82, 2.24) is 5.48 Å². The summed E-state index contributed by atoms with van der Waals surface area (Å²) in [4.78, 5) is 8.35. The van der Waals surface area contributed by atoms with Gasteiger partial charge in [0, 0.05) is 11.3 Å². The van der Waals surface area contributed by atoms with E-state index in [1.54, 1.807) is 11.8 Å². The smallest absolute Gasteiger partial charge is 0.190 e. The predicted molar refractivity (Wildman–Crippen MR) is 142 cm³/mol. The Hall–Kier alpha value is -2.49. The lowest BCUT2D eigenvalue weighted by molar-refractivity contribution is -0.228. The molecule has 2 N–H and O–H groups in total. The first-order chi connectivity index (χ1) is 18.0. The number of hydroxylamine groups is 1. The fraction of sp³-hybridized carbons (Fsp3) is 0.333. The molecule has 5 atom stereocenters. The zero-order valence-corrected chi connectivity index (χ0v) is 21.7. The lowest BCUT2D eigenvalue weighted by Gasteiger charge is -2.46. The third-order valence-electron chi connectivity index (χ3n) is 7.04. The van der Waals surface area contributed by atoms with Gasteiger partial charge in [0.1, 0.15) is 17.7 Å². The number of aliphatic hydroxyl groups is 1. The summed E-state index contributed by atoms with van der Waals surface area (Å²) in [6.45, 7) is 4.11. The Morgan fingerprint density at radius 1 is 0.892 bits per heavy atom. The number of fused-ring (bicyclic) bond motifs is 3. The van der Waals surface area contributed by atoms with E-state index in [1.165, 1.54) is 0 Å². The number of rotatable bonds is 7. The quantitative estimate of drug-likeness (QED) is 0.413. The zero-order chi connectivity index (χ0) is 25.5. The van der Waals surface area contributed by atoms with E-state index in [4.69, 9.17) is 19.0 Å². The largest absolute Gasteiger partial charge is 0.390 e. The molecule has 3 aliphatic rings. The van der Waals surface area contributed by atoms with Crippen molar-refractivity contribution in [2.75, 3.05) is 0 Å². The first kappa shape index (κ1) is 24.8. The summed E-state index contributed by atoms with van der Waals surface area (Å²) in [5.41, 5.74) is 5.43. The molecule has 0 aromatic heterocycles. The molecule has 0 bridgehead atoms. The van der Waals surface area contributed by atoms with Crippen LogP contribution in [-0.2, 0) is 25.7 Å². The van der Waals surface area contributed by atoms with Gasteiger partial charge in [-0.3, -0.25) is 4.84 Å². The summed E-state index contributed by atoms with van der Waals surface area (Å²) in [5, 5.41) is 11.5.